The fourth-order valence-corrected chi connectivity index (χ4v) is 6.51. The molecule has 98 valence electrons. The molecule has 0 N–H and O–H groups in total. The van der Waals surface area contributed by atoms with E-state index in [-0.39, 0.29) is 0 Å². The molecule has 4 heteroatoms. The summed E-state index contributed by atoms with van der Waals surface area (Å²) in [5.41, 5.74) is 3.80. The number of rotatable bonds is 3. The van der Waals surface area contributed by atoms with E-state index in [1.165, 1.54) is 19.4 Å². The van der Waals surface area contributed by atoms with Crippen molar-refractivity contribution in [2.75, 3.05) is 0 Å². The standard InChI is InChI=1S/C16H11NS2Se/c1-2-4-11(5-3-1)20-10-12-15-13(6-8-18-15)17-14-7-9-19-16(12)14/h1-9H,10H2. The fraction of sp³-hybridized carbons (Fsp3) is 0.0625. The molecule has 0 bridgehead atoms. The molecule has 20 heavy (non-hydrogen) atoms. The first kappa shape index (κ1) is 12.5. The molecule has 1 nitrogen and oxygen atoms in total. The van der Waals surface area contributed by atoms with Crippen molar-refractivity contribution in [2.24, 2.45) is 0 Å². The molecule has 0 saturated carbocycles. The maximum absolute atomic E-state index is 4.74. The van der Waals surface area contributed by atoms with Gasteiger partial charge in [0.05, 0.1) is 0 Å². The van der Waals surface area contributed by atoms with Crippen molar-refractivity contribution in [1.29, 1.82) is 0 Å². The summed E-state index contributed by atoms with van der Waals surface area (Å²) < 4.78 is 4.21. The van der Waals surface area contributed by atoms with Crippen LogP contribution in [0.4, 0.5) is 0 Å². The molecule has 4 rings (SSSR count). The van der Waals surface area contributed by atoms with Crippen molar-refractivity contribution in [3.05, 3.63) is 58.8 Å². The van der Waals surface area contributed by atoms with Gasteiger partial charge >= 0.3 is 132 Å². The fourth-order valence-electron chi connectivity index (χ4n) is 2.27. The third-order valence-electron chi connectivity index (χ3n) is 3.20. The van der Waals surface area contributed by atoms with Gasteiger partial charge < -0.3 is 0 Å². The van der Waals surface area contributed by atoms with Crippen LogP contribution in [0.3, 0.4) is 0 Å². The molecule has 3 aromatic heterocycles. The van der Waals surface area contributed by atoms with Crippen LogP contribution in [-0.4, -0.2) is 19.9 Å². The minimum atomic E-state index is 0.483. The zero-order chi connectivity index (χ0) is 13.4. The van der Waals surface area contributed by atoms with Crippen LogP contribution in [0.25, 0.3) is 20.4 Å². The molecule has 0 radical (unpaired) electrons. The third-order valence-corrected chi connectivity index (χ3v) is 7.31. The minimum absolute atomic E-state index is 0.483. The number of hydrogen-bond acceptors (Lipinski definition) is 3. The van der Waals surface area contributed by atoms with E-state index in [0.717, 1.165) is 16.4 Å². The van der Waals surface area contributed by atoms with Gasteiger partial charge in [-0.2, -0.15) is 0 Å². The summed E-state index contributed by atoms with van der Waals surface area (Å²) in [5.74, 6) is 0. The summed E-state index contributed by atoms with van der Waals surface area (Å²) >= 11 is 4.13. The average Bonchev–Trinajstić information content (AvgIpc) is 3.12. The summed E-state index contributed by atoms with van der Waals surface area (Å²) in [7, 11) is 0. The van der Waals surface area contributed by atoms with Crippen LogP contribution < -0.4 is 4.46 Å². The number of fused-ring (bicyclic) bond motifs is 2. The molecule has 0 amide bonds. The second kappa shape index (κ2) is 5.30. The van der Waals surface area contributed by atoms with Crippen molar-refractivity contribution in [1.82, 2.24) is 4.98 Å². The molecule has 0 spiro atoms. The monoisotopic (exact) mass is 361 g/mol. The van der Waals surface area contributed by atoms with Crippen LogP contribution in [-0.2, 0) is 5.32 Å². The molecule has 0 saturated heterocycles. The summed E-state index contributed by atoms with van der Waals surface area (Å²) in [5, 5.41) is 5.45. The van der Waals surface area contributed by atoms with Gasteiger partial charge in [0.1, 0.15) is 0 Å². The topological polar surface area (TPSA) is 12.9 Å². The first-order chi connectivity index (χ1) is 9.92. The van der Waals surface area contributed by atoms with Gasteiger partial charge in [0, 0.05) is 0 Å². The van der Waals surface area contributed by atoms with Gasteiger partial charge in [-0.05, 0) is 0 Å². The Kier molecular flexibility index (Phi) is 3.32. The van der Waals surface area contributed by atoms with E-state index in [4.69, 9.17) is 4.98 Å². The summed E-state index contributed by atoms with van der Waals surface area (Å²) in [6.07, 6.45) is 0. The number of thiophene rings is 2. The second-order valence-electron chi connectivity index (χ2n) is 4.46. The van der Waals surface area contributed by atoms with Gasteiger partial charge in [-0.1, -0.05) is 0 Å². The van der Waals surface area contributed by atoms with Gasteiger partial charge in [0.25, 0.3) is 0 Å². The molecule has 4 aromatic rings. The molecule has 0 fully saturated rings. The van der Waals surface area contributed by atoms with E-state index in [1.54, 1.807) is 0 Å². The SMILES string of the molecule is c1ccc([Se]Cc2c3sccc3nc3ccsc23)cc1. The maximum atomic E-state index is 4.74. The Morgan fingerprint density at radius 2 is 1.50 bits per heavy atom. The van der Waals surface area contributed by atoms with E-state index in [1.807, 2.05) is 22.7 Å². The molecule has 0 aliphatic carbocycles. The van der Waals surface area contributed by atoms with Crippen molar-refractivity contribution in [3.8, 4) is 0 Å². The van der Waals surface area contributed by atoms with Gasteiger partial charge in [-0.3, -0.25) is 0 Å². The molecule has 0 unspecified atom stereocenters. The Morgan fingerprint density at radius 1 is 0.850 bits per heavy atom. The molecule has 0 atom stereocenters. The number of aromatic nitrogens is 1. The third kappa shape index (κ3) is 2.19. The molecule has 0 aliphatic rings. The van der Waals surface area contributed by atoms with Gasteiger partial charge in [0.2, 0.25) is 0 Å². The molecular weight excluding hydrogens is 349 g/mol. The zero-order valence-electron chi connectivity index (χ0n) is 10.6. The van der Waals surface area contributed by atoms with E-state index in [0.29, 0.717) is 15.0 Å². The Hall–Kier alpha value is -1.19. The van der Waals surface area contributed by atoms with Crippen molar-refractivity contribution < 1.29 is 0 Å². The van der Waals surface area contributed by atoms with E-state index < -0.39 is 0 Å². The van der Waals surface area contributed by atoms with Crippen molar-refractivity contribution >= 4 is 62.5 Å². The molecule has 1 aromatic carbocycles. The van der Waals surface area contributed by atoms with Crippen LogP contribution >= 0.6 is 22.7 Å². The Bertz CT molecular complexity index is 815. The normalized spacial score (nSPS) is 11.4. The van der Waals surface area contributed by atoms with Crippen LogP contribution in [0, 0.1) is 0 Å². The Morgan fingerprint density at radius 3 is 2.15 bits per heavy atom. The second-order valence-corrected chi connectivity index (χ2v) is 8.49. The predicted molar refractivity (Wildman–Crippen MR) is 90.5 cm³/mol. The molecule has 0 aliphatic heterocycles. The number of pyridine rings is 1. The van der Waals surface area contributed by atoms with E-state index >= 15 is 0 Å². The Balaban J connectivity index is 1.79. The van der Waals surface area contributed by atoms with Crippen LogP contribution in [0.2, 0.25) is 0 Å². The van der Waals surface area contributed by atoms with Gasteiger partial charge in [-0.25, -0.2) is 0 Å². The molecular formula is C16H11NS2Se. The van der Waals surface area contributed by atoms with E-state index in [9.17, 15) is 0 Å². The van der Waals surface area contributed by atoms with Crippen LogP contribution in [0.1, 0.15) is 5.56 Å². The summed E-state index contributed by atoms with van der Waals surface area (Å²) in [6.45, 7) is 0. The summed E-state index contributed by atoms with van der Waals surface area (Å²) in [6, 6.07) is 15.1. The number of benzene rings is 1. The number of nitrogens with zero attached hydrogens (tertiary/aromatic N) is 1. The van der Waals surface area contributed by atoms with Gasteiger partial charge in [-0.15, -0.1) is 0 Å². The average molecular weight is 360 g/mol. The van der Waals surface area contributed by atoms with E-state index in [2.05, 4.69) is 53.2 Å². The predicted octanol–water partition coefficient (Wildman–Crippen LogP) is 4.04. The quantitative estimate of drug-likeness (QED) is 0.503. The Labute approximate surface area is 131 Å². The first-order valence-corrected chi connectivity index (χ1v) is 10.2. The molecule has 3 heterocycles. The van der Waals surface area contributed by atoms with Crippen LogP contribution in [0.15, 0.2) is 53.2 Å². The number of hydrogen-bond donors (Lipinski definition) is 0. The van der Waals surface area contributed by atoms with Crippen molar-refractivity contribution in [2.45, 2.75) is 5.32 Å². The zero-order valence-corrected chi connectivity index (χ0v) is 13.9. The first-order valence-electron chi connectivity index (χ1n) is 6.33. The van der Waals surface area contributed by atoms with Crippen LogP contribution in [0.5, 0.6) is 0 Å². The summed E-state index contributed by atoms with van der Waals surface area (Å²) in [4.78, 5) is 4.74. The van der Waals surface area contributed by atoms with Gasteiger partial charge in [0.15, 0.2) is 0 Å². The van der Waals surface area contributed by atoms with Crippen molar-refractivity contribution in [3.63, 3.8) is 0 Å².